The molecule has 0 radical (unpaired) electrons. The van der Waals surface area contributed by atoms with Gasteiger partial charge in [0, 0.05) is 49.7 Å². The SMILES string of the molecule is Cc1cc(-c2cccc3c2[nH]c2ccc4ccccc4c23)c2c(c1)N(c1ccc3c(c1)-c1ccccc1C3(C)C)c1cc3c(cc1B2)C(C)(C)c1ccccc1-3. The van der Waals surface area contributed by atoms with Crippen molar-refractivity contribution in [2.75, 3.05) is 4.90 Å². The first-order chi connectivity index (χ1) is 27.2. The average molecular weight is 717 g/mol. The molecule has 266 valence electrons. The number of H-pyrrole nitrogens is 1. The molecule has 8 aromatic carbocycles. The molecule has 0 fully saturated rings. The number of nitrogens with one attached hydrogen (secondary N) is 1. The van der Waals surface area contributed by atoms with Crippen LogP contribution in [0.1, 0.15) is 55.5 Å². The van der Waals surface area contributed by atoms with E-state index in [-0.39, 0.29) is 10.8 Å². The first kappa shape index (κ1) is 32.0. The van der Waals surface area contributed by atoms with Gasteiger partial charge in [0.15, 0.2) is 7.28 Å². The van der Waals surface area contributed by atoms with Gasteiger partial charge in [-0.25, -0.2) is 0 Å². The number of benzene rings is 8. The zero-order valence-corrected chi connectivity index (χ0v) is 32.5. The van der Waals surface area contributed by atoms with Crippen LogP contribution in [-0.2, 0) is 10.8 Å². The highest BCUT2D eigenvalue weighted by atomic mass is 15.1. The molecule has 1 N–H and O–H groups in total. The van der Waals surface area contributed by atoms with Crippen LogP contribution in [0.2, 0.25) is 0 Å². The van der Waals surface area contributed by atoms with Crippen LogP contribution >= 0.6 is 0 Å². The Kier molecular flexibility index (Phi) is 6.24. The predicted molar refractivity (Wildman–Crippen MR) is 240 cm³/mol. The molecule has 0 saturated heterocycles. The predicted octanol–water partition coefficient (Wildman–Crippen LogP) is 12.2. The molecule has 0 spiro atoms. The van der Waals surface area contributed by atoms with Crippen LogP contribution < -0.4 is 15.8 Å². The maximum Gasteiger partial charge on any atom is 0.198 e. The lowest BCUT2D eigenvalue weighted by Crippen LogP contribution is -2.41. The van der Waals surface area contributed by atoms with Gasteiger partial charge in [-0.05, 0) is 109 Å². The molecule has 1 aromatic heterocycles. The van der Waals surface area contributed by atoms with E-state index >= 15 is 0 Å². The molecule has 2 heterocycles. The summed E-state index contributed by atoms with van der Waals surface area (Å²) in [6, 6.07) is 55.3. The van der Waals surface area contributed by atoms with Crippen molar-refractivity contribution in [3.63, 3.8) is 0 Å². The minimum Gasteiger partial charge on any atom is -0.354 e. The Hall–Kier alpha value is -6.32. The van der Waals surface area contributed by atoms with Crippen LogP contribution in [0, 0.1) is 6.92 Å². The number of nitrogens with zero attached hydrogens (tertiary/aromatic N) is 1. The zero-order valence-electron chi connectivity index (χ0n) is 32.5. The normalized spacial score (nSPS) is 15.3. The summed E-state index contributed by atoms with van der Waals surface area (Å²) in [5.74, 6) is 0. The van der Waals surface area contributed by atoms with Gasteiger partial charge in [-0.3, -0.25) is 0 Å². The maximum absolute atomic E-state index is 3.91. The summed E-state index contributed by atoms with van der Waals surface area (Å²) in [4.78, 5) is 6.50. The molecular formula is C53H41BN2. The first-order valence-electron chi connectivity index (χ1n) is 20.1. The van der Waals surface area contributed by atoms with Crippen molar-refractivity contribution in [2.45, 2.75) is 45.4 Å². The van der Waals surface area contributed by atoms with E-state index in [9.17, 15) is 0 Å². The Morgan fingerprint density at radius 1 is 0.500 bits per heavy atom. The van der Waals surface area contributed by atoms with Crippen molar-refractivity contribution in [1.29, 1.82) is 0 Å². The third-order valence-electron chi connectivity index (χ3n) is 13.6. The van der Waals surface area contributed by atoms with E-state index in [2.05, 4.69) is 190 Å². The number of aromatic nitrogens is 1. The van der Waals surface area contributed by atoms with Gasteiger partial charge in [0.25, 0.3) is 0 Å². The summed E-state index contributed by atoms with van der Waals surface area (Å²) in [5, 5.41) is 5.13. The summed E-state index contributed by atoms with van der Waals surface area (Å²) < 4.78 is 0. The molecule has 0 atom stereocenters. The number of anilines is 3. The highest BCUT2D eigenvalue weighted by Crippen LogP contribution is 2.53. The summed E-state index contributed by atoms with van der Waals surface area (Å²) in [6.45, 7) is 11.8. The first-order valence-corrected chi connectivity index (χ1v) is 20.1. The van der Waals surface area contributed by atoms with Crippen LogP contribution in [0.5, 0.6) is 0 Å². The molecule has 9 aromatic rings. The van der Waals surface area contributed by atoms with Crippen LogP contribution in [0.25, 0.3) is 66.0 Å². The van der Waals surface area contributed by atoms with Crippen molar-refractivity contribution < 1.29 is 0 Å². The summed E-state index contributed by atoms with van der Waals surface area (Å²) in [5.41, 5.74) is 23.6. The Morgan fingerprint density at radius 3 is 1.96 bits per heavy atom. The summed E-state index contributed by atoms with van der Waals surface area (Å²) in [7, 11) is 0.858. The van der Waals surface area contributed by atoms with Gasteiger partial charge in [0.1, 0.15) is 0 Å². The second-order valence-corrected chi connectivity index (χ2v) is 17.5. The quantitative estimate of drug-likeness (QED) is 0.177. The second-order valence-electron chi connectivity index (χ2n) is 17.5. The molecular weight excluding hydrogens is 675 g/mol. The third-order valence-corrected chi connectivity index (χ3v) is 13.6. The Bertz CT molecular complexity index is 3200. The average Bonchev–Trinajstić information content (AvgIpc) is 3.79. The van der Waals surface area contributed by atoms with Gasteiger partial charge in [-0.15, -0.1) is 0 Å². The fourth-order valence-corrected chi connectivity index (χ4v) is 10.9. The van der Waals surface area contributed by atoms with Gasteiger partial charge in [0.2, 0.25) is 0 Å². The van der Waals surface area contributed by atoms with Crippen LogP contribution in [-0.4, -0.2) is 12.3 Å². The number of aryl methyl sites for hydroxylation is 1. The van der Waals surface area contributed by atoms with E-state index in [4.69, 9.17) is 0 Å². The molecule has 2 nitrogen and oxygen atoms in total. The lowest BCUT2D eigenvalue weighted by atomic mass is 9.57. The standard InChI is InChI=1S/C53H41BN2/c1-30-25-40(36-17-12-18-37-49-33-14-7-6-13-31(33)21-24-46(49)55-51(36)37)50-48(26-30)56(32-22-23-43-38(27-32)34-15-8-10-19-41(34)52(43,2)3)47-28-39-35-16-9-11-20-42(35)53(4,5)44(39)29-45(47)54-50/h6-29,54-55H,1-5H3. The minimum absolute atomic E-state index is 0.0500. The maximum atomic E-state index is 3.91. The molecule has 0 amide bonds. The Labute approximate surface area is 328 Å². The van der Waals surface area contributed by atoms with E-state index in [0.29, 0.717) is 0 Å². The number of para-hydroxylation sites is 1. The second kappa shape index (κ2) is 10.9. The van der Waals surface area contributed by atoms with Crippen LogP contribution in [0.4, 0.5) is 17.1 Å². The molecule has 12 rings (SSSR count). The Balaban J connectivity index is 1.13. The Morgan fingerprint density at radius 2 is 1.16 bits per heavy atom. The van der Waals surface area contributed by atoms with Crippen LogP contribution in [0.3, 0.4) is 0 Å². The number of hydrogen-bond acceptors (Lipinski definition) is 1. The fraction of sp³-hybridized carbons (Fsp3) is 0.132. The molecule has 56 heavy (non-hydrogen) atoms. The van der Waals surface area contributed by atoms with Crippen molar-refractivity contribution in [2.24, 2.45) is 0 Å². The van der Waals surface area contributed by atoms with Gasteiger partial charge < -0.3 is 9.88 Å². The lowest BCUT2D eigenvalue weighted by Gasteiger charge is -2.36. The molecule has 1 aliphatic heterocycles. The largest absolute Gasteiger partial charge is 0.354 e. The molecule has 0 bridgehead atoms. The van der Waals surface area contributed by atoms with Gasteiger partial charge in [-0.2, -0.15) is 0 Å². The topological polar surface area (TPSA) is 19.0 Å². The van der Waals surface area contributed by atoms with Gasteiger partial charge in [0.05, 0.1) is 5.52 Å². The lowest BCUT2D eigenvalue weighted by molar-refractivity contribution is 0.660. The van der Waals surface area contributed by atoms with E-state index in [0.717, 1.165) is 7.28 Å². The summed E-state index contributed by atoms with van der Waals surface area (Å²) >= 11 is 0. The molecule has 3 aliphatic rings. The van der Waals surface area contributed by atoms with Gasteiger partial charge in [-0.1, -0.05) is 148 Å². The van der Waals surface area contributed by atoms with Crippen molar-refractivity contribution >= 4 is 67.8 Å². The number of fused-ring (bicyclic) bond motifs is 13. The minimum atomic E-state index is -0.0796. The van der Waals surface area contributed by atoms with E-state index in [1.807, 2.05) is 0 Å². The smallest absolute Gasteiger partial charge is 0.198 e. The van der Waals surface area contributed by atoms with Crippen molar-refractivity contribution in [3.05, 3.63) is 173 Å². The highest BCUT2D eigenvalue weighted by molar-refractivity contribution is 6.73. The number of rotatable bonds is 2. The van der Waals surface area contributed by atoms with Gasteiger partial charge >= 0.3 is 0 Å². The van der Waals surface area contributed by atoms with E-state index in [1.165, 1.54) is 122 Å². The van der Waals surface area contributed by atoms with Crippen molar-refractivity contribution in [1.82, 2.24) is 4.98 Å². The molecule has 0 unspecified atom stereocenters. The number of hydrogen-bond donors (Lipinski definition) is 1. The number of aromatic amines is 1. The monoisotopic (exact) mass is 716 g/mol. The highest BCUT2D eigenvalue weighted by Gasteiger charge is 2.40. The van der Waals surface area contributed by atoms with Crippen molar-refractivity contribution in [3.8, 4) is 33.4 Å². The molecule has 2 aliphatic carbocycles. The molecule has 0 saturated carbocycles. The molecule has 3 heteroatoms. The fourth-order valence-electron chi connectivity index (χ4n) is 10.9. The van der Waals surface area contributed by atoms with E-state index < -0.39 is 0 Å². The van der Waals surface area contributed by atoms with E-state index in [1.54, 1.807) is 0 Å². The summed E-state index contributed by atoms with van der Waals surface area (Å²) in [6.07, 6.45) is 0. The third kappa shape index (κ3) is 4.13. The zero-order chi connectivity index (χ0) is 37.7. The van der Waals surface area contributed by atoms with Crippen LogP contribution in [0.15, 0.2) is 146 Å².